The summed E-state index contributed by atoms with van der Waals surface area (Å²) in [6.45, 7) is 0. The minimum absolute atomic E-state index is 0.0583. The number of nitrogens with one attached hydrogen (secondary N) is 1. The van der Waals surface area contributed by atoms with Crippen molar-refractivity contribution in [2.45, 2.75) is 44.2 Å². The van der Waals surface area contributed by atoms with Gasteiger partial charge in [0.25, 0.3) is 5.91 Å². The van der Waals surface area contributed by atoms with Crippen LogP contribution in [0.15, 0.2) is 18.3 Å². The summed E-state index contributed by atoms with van der Waals surface area (Å²) in [5.41, 5.74) is 0. The van der Waals surface area contributed by atoms with E-state index in [4.69, 9.17) is 0 Å². The van der Waals surface area contributed by atoms with E-state index < -0.39 is 11.9 Å². The first kappa shape index (κ1) is 13.0. The Hall–Kier alpha value is -1.98. The molecule has 2 aliphatic rings. The van der Waals surface area contributed by atoms with Crippen molar-refractivity contribution in [3.05, 3.63) is 24.1 Å². The van der Waals surface area contributed by atoms with E-state index in [1.54, 1.807) is 0 Å². The number of hydrogen-bond donors (Lipinski definition) is 1. The summed E-state index contributed by atoms with van der Waals surface area (Å²) in [6.07, 6.45) is 5.17. The van der Waals surface area contributed by atoms with Crippen molar-refractivity contribution in [2.24, 2.45) is 0 Å². The van der Waals surface area contributed by atoms with Crippen molar-refractivity contribution in [2.75, 3.05) is 5.32 Å². The molecular weight excluding hydrogens is 261 g/mol. The van der Waals surface area contributed by atoms with Crippen molar-refractivity contribution in [3.63, 3.8) is 0 Å². The largest absolute Gasteiger partial charge is 0.358 e. The molecular formula is C14H16FN3O2. The van der Waals surface area contributed by atoms with Gasteiger partial charge in [0.1, 0.15) is 17.7 Å². The Balaban J connectivity index is 1.70. The predicted octanol–water partition coefficient (Wildman–Crippen LogP) is 1.70. The molecule has 1 saturated carbocycles. The number of rotatable bonds is 3. The minimum atomic E-state index is -0.582. The Bertz CT molecular complexity index is 526. The number of aromatic nitrogens is 1. The number of pyridine rings is 1. The van der Waals surface area contributed by atoms with Gasteiger partial charge in [0.15, 0.2) is 0 Å². The summed E-state index contributed by atoms with van der Waals surface area (Å²) >= 11 is 0. The summed E-state index contributed by atoms with van der Waals surface area (Å²) < 4.78 is 12.8. The number of nitrogens with zero attached hydrogens (tertiary/aromatic N) is 2. The Morgan fingerprint density at radius 2 is 2.00 bits per heavy atom. The molecule has 5 nitrogen and oxygen atoms in total. The molecule has 2 heterocycles. The summed E-state index contributed by atoms with van der Waals surface area (Å²) in [7, 11) is 0. The lowest BCUT2D eigenvalue weighted by Gasteiger charge is -2.22. The number of amides is 2. The van der Waals surface area contributed by atoms with Crippen LogP contribution < -0.4 is 5.32 Å². The fraction of sp³-hybridized carbons (Fsp3) is 0.500. The van der Waals surface area contributed by atoms with Crippen LogP contribution in [0, 0.1) is 5.82 Å². The molecule has 1 aliphatic heterocycles. The number of halogens is 1. The molecule has 3 rings (SSSR count). The van der Waals surface area contributed by atoms with Crippen molar-refractivity contribution in [3.8, 4) is 0 Å². The zero-order valence-corrected chi connectivity index (χ0v) is 11.0. The zero-order valence-electron chi connectivity index (χ0n) is 11.0. The second-order valence-corrected chi connectivity index (χ2v) is 5.30. The highest BCUT2D eigenvalue weighted by molar-refractivity contribution is 6.07. The number of carbonyl (C=O) groups is 2. The van der Waals surface area contributed by atoms with Gasteiger partial charge in [0.2, 0.25) is 5.91 Å². The number of hydrogen-bond acceptors (Lipinski definition) is 4. The lowest BCUT2D eigenvalue weighted by molar-refractivity contribution is -0.141. The molecule has 1 aromatic rings. The van der Waals surface area contributed by atoms with E-state index in [1.807, 2.05) is 0 Å². The summed E-state index contributed by atoms with van der Waals surface area (Å²) in [6, 6.07) is 2.21. The molecule has 1 aliphatic carbocycles. The van der Waals surface area contributed by atoms with Crippen LogP contribution in [0.2, 0.25) is 0 Å². The molecule has 0 bridgehead atoms. The molecule has 0 aromatic carbocycles. The molecule has 2 fully saturated rings. The van der Waals surface area contributed by atoms with Gasteiger partial charge >= 0.3 is 0 Å². The van der Waals surface area contributed by atoms with E-state index in [-0.39, 0.29) is 24.3 Å². The second-order valence-electron chi connectivity index (χ2n) is 5.30. The summed E-state index contributed by atoms with van der Waals surface area (Å²) in [4.78, 5) is 29.6. The van der Waals surface area contributed by atoms with Gasteiger partial charge in [-0.15, -0.1) is 0 Å². The zero-order chi connectivity index (χ0) is 14.1. The van der Waals surface area contributed by atoms with Gasteiger partial charge in [0, 0.05) is 6.04 Å². The standard InChI is InChI=1S/C14H16FN3O2/c15-9-5-6-12(16-8-9)17-11-7-13(19)18(14(11)20)10-3-1-2-4-10/h5-6,8,10-11H,1-4,7H2,(H,16,17). The fourth-order valence-electron chi connectivity index (χ4n) is 2.95. The molecule has 0 radical (unpaired) electrons. The van der Waals surface area contributed by atoms with Crippen molar-refractivity contribution < 1.29 is 14.0 Å². The highest BCUT2D eigenvalue weighted by atomic mass is 19.1. The van der Waals surface area contributed by atoms with Crippen LogP contribution in [0.25, 0.3) is 0 Å². The first-order valence-electron chi connectivity index (χ1n) is 6.89. The molecule has 1 saturated heterocycles. The van der Waals surface area contributed by atoms with Crippen molar-refractivity contribution >= 4 is 17.6 Å². The third-order valence-electron chi connectivity index (χ3n) is 3.92. The Kier molecular flexibility index (Phi) is 3.38. The van der Waals surface area contributed by atoms with Crippen LogP contribution in [-0.2, 0) is 9.59 Å². The van der Waals surface area contributed by atoms with Gasteiger partial charge in [0.05, 0.1) is 12.6 Å². The topological polar surface area (TPSA) is 62.3 Å². The maximum atomic E-state index is 12.8. The summed E-state index contributed by atoms with van der Waals surface area (Å²) in [5.74, 6) is -0.336. The monoisotopic (exact) mass is 277 g/mol. The molecule has 2 amide bonds. The lowest BCUT2D eigenvalue weighted by atomic mass is 10.2. The maximum absolute atomic E-state index is 12.8. The highest BCUT2D eigenvalue weighted by Crippen LogP contribution is 2.28. The summed E-state index contributed by atoms with van der Waals surface area (Å²) in [5, 5.41) is 2.91. The normalized spacial score (nSPS) is 23.6. The van der Waals surface area contributed by atoms with E-state index in [0.29, 0.717) is 5.82 Å². The highest BCUT2D eigenvalue weighted by Gasteiger charge is 2.43. The van der Waals surface area contributed by atoms with Gasteiger partial charge in [-0.05, 0) is 25.0 Å². The average Bonchev–Trinajstić information content (AvgIpc) is 3.02. The van der Waals surface area contributed by atoms with Crippen LogP contribution in [0.5, 0.6) is 0 Å². The van der Waals surface area contributed by atoms with E-state index in [2.05, 4.69) is 10.3 Å². The Morgan fingerprint density at radius 3 is 2.65 bits per heavy atom. The number of anilines is 1. The third kappa shape index (κ3) is 2.37. The Morgan fingerprint density at radius 1 is 1.25 bits per heavy atom. The number of carbonyl (C=O) groups excluding carboxylic acids is 2. The van der Waals surface area contributed by atoms with Crippen LogP contribution in [0.3, 0.4) is 0 Å². The quantitative estimate of drug-likeness (QED) is 0.854. The van der Waals surface area contributed by atoms with Gasteiger partial charge < -0.3 is 5.32 Å². The van der Waals surface area contributed by atoms with Crippen LogP contribution >= 0.6 is 0 Å². The van der Waals surface area contributed by atoms with Crippen molar-refractivity contribution in [1.29, 1.82) is 0 Å². The van der Waals surface area contributed by atoms with Crippen LogP contribution in [0.4, 0.5) is 10.2 Å². The second kappa shape index (κ2) is 5.19. The SMILES string of the molecule is O=C1CC(Nc2ccc(F)cn2)C(=O)N1C1CCCC1. The van der Waals surface area contributed by atoms with Gasteiger partial charge in [-0.2, -0.15) is 0 Å². The maximum Gasteiger partial charge on any atom is 0.252 e. The first-order chi connectivity index (χ1) is 9.65. The van der Waals surface area contributed by atoms with Gasteiger partial charge in [-0.25, -0.2) is 9.37 Å². The predicted molar refractivity (Wildman–Crippen MR) is 70.3 cm³/mol. The van der Waals surface area contributed by atoms with Gasteiger partial charge in [-0.3, -0.25) is 14.5 Å². The fourth-order valence-corrected chi connectivity index (χ4v) is 2.95. The smallest absolute Gasteiger partial charge is 0.252 e. The number of likely N-dealkylation sites (tertiary alicyclic amines) is 1. The molecule has 106 valence electrons. The van der Waals surface area contributed by atoms with Crippen LogP contribution in [0.1, 0.15) is 32.1 Å². The van der Waals surface area contributed by atoms with Crippen molar-refractivity contribution in [1.82, 2.24) is 9.88 Å². The van der Waals surface area contributed by atoms with Crippen LogP contribution in [-0.4, -0.2) is 33.8 Å². The molecule has 20 heavy (non-hydrogen) atoms. The lowest BCUT2D eigenvalue weighted by Crippen LogP contribution is -2.41. The molecule has 1 aromatic heterocycles. The molecule has 0 spiro atoms. The average molecular weight is 277 g/mol. The first-order valence-corrected chi connectivity index (χ1v) is 6.89. The van der Waals surface area contributed by atoms with Gasteiger partial charge in [-0.1, -0.05) is 12.8 Å². The minimum Gasteiger partial charge on any atom is -0.358 e. The Labute approximate surface area is 116 Å². The van der Waals surface area contributed by atoms with E-state index >= 15 is 0 Å². The third-order valence-corrected chi connectivity index (χ3v) is 3.92. The van der Waals surface area contributed by atoms with E-state index in [1.165, 1.54) is 17.0 Å². The molecule has 1 unspecified atom stereocenters. The van der Waals surface area contributed by atoms with E-state index in [9.17, 15) is 14.0 Å². The number of imide groups is 1. The van der Waals surface area contributed by atoms with E-state index in [0.717, 1.165) is 31.9 Å². The molecule has 1 N–H and O–H groups in total. The molecule has 6 heteroatoms. The molecule has 1 atom stereocenters.